The second-order valence-corrected chi connectivity index (χ2v) is 6.27. The van der Waals surface area contributed by atoms with Gasteiger partial charge < -0.3 is 10.2 Å². The number of hydrogen-bond donors (Lipinski definition) is 2. The van der Waals surface area contributed by atoms with Crippen LogP contribution in [0.5, 0.6) is 0 Å². The summed E-state index contributed by atoms with van der Waals surface area (Å²) in [5, 5.41) is 10.1. The van der Waals surface area contributed by atoms with Gasteiger partial charge in [0, 0.05) is 43.0 Å². The van der Waals surface area contributed by atoms with Crippen LogP contribution in [0.4, 0.5) is 5.69 Å². The maximum absolute atomic E-state index is 12.5. The Morgan fingerprint density at radius 1 is 1.16 bits per heavy atom. The molecule has 0 aliphatic heterocycles. The van der Waals surface area contributed by atoms with E-state index in [1.54, 1.807) is 6.20 Å². The van der Waals surface area contributed by atoms with Crippen molar-refractivity contribution < 1.29 is 4.79 Å². The van der Waals surface area contributed by atoms with Gasteiger partial charge in [0.2, 0.25) is 0 Å². The molecule has 1 aromatic heterocycles. The van der Waals surface area contributed by atoms with E-state index in [9.17, 15) is 4.79 Å². The molecule has 2 aromatic carbocycles. The number of anilines is 1. The third-order valence-corrected chi connectivity index (χ3v) is 4.09. The maximum atomic E-state index is 12.5. The van der Waals surface area contributed by atoms with Crippen molar-refractivity contribution in [3.05, 3.63) is 71.4 Å². The summed E-state index contributed by atoms with van der Waals surface area (Å²) in [5.41, 5.74) is 5.79. The van der Waals surface area contributed by atoms with Crippen LogP contribution in [-0.4, -0.2) is 30.2 Å². The van der Waals surface area contributed by atoms with Crippen molar-refractivity contribution in [3.63, 3.8) is 0 Å². The van der Waals surface area contributed by atoms with Gasteiger partial charge >= 0.3 is 0 Å². The summed E-state index contributed by atoms with van der Waals surface area (Å²) in [7, 11) is 3.91. The van der Waals surface area contributed by atoms with E-state index in [2.05, 4.69) is 34.6 Å². The summed E-state index contributed by atoms with van der Waals surface area (Å²) in [6.07, 6.45) is 1.76. The SMILES string of the molecule is Cc1cccc(-c2[nH]ncc2CNC(=O)c2cccc(N(C)C)c2)c1. The Labute approximate surface area is 147 Å². The molecule has 1 amide bonds. The minimum absolute atomic E-state index is 0.0971. The molecule has 0 fully saturated rings. The molecule has 5 nitrogen and oxygen atoms in total. The molecular formula is C20H22N4O. The Hall–Kier alpha value is -3.08. The lowest BCUT2D eigenvalue weighted by molar-refractivity contribution is 0.0951. The number of nitrogens with zero attached hydrogens (tertiary/aromatic N) is 2. The summed E-state index contributed by atoms with van der Waals surface area (Å²) in [4.78, 5) is 14.4. The van der Waals surface area contributed by atoms with Gasteiger partial charge in [-0.05, 0) is 31.2 Å². The second kappa shape index (κ2) is 7.21. The predicted molar refractivity (Wildman–Crippen MR) is 101 cm³/mol. The predicted octanol–water partition coefficient (Wildman–Crippen LogP) is 3.38. The Morgan fingerprint density at radius 2 is 1.96 bits per heavy atom. The molecule has 0 unspecified atom stereocenters. The minimum atomic E-state index is -0.0971. The molecule has 3 aromatic rings. The van der Waals surface area contributed by atoms with E-state index in [1.165, 1.54) is 5.56 Å². The first-order chi connectivity index (χ1) is 12.0. The second-order valence-electron chi connectivity index (χ2n) is 6.27. The molecule has 0 aliphatic carbocycles. The average Bonchev–Trinajstić information content (AvgIpc) is 3.08. The van der Waals surface area contributed by atoms with Gasteiger partial charge in [0.05, 0.1) is 11.9 Å². The van der Waals surface area contributed by atoms with Crippen LogP contribution in [0.15, 0.2) is 54.7 Å². The number of amides is 1. The Bertz CT molecular complexity index is 883. The monoisotopic (exact) mass is 334 g/mol. The van der Waals surface area contributed by atoms with Crippen molar-refractivity contribution in [3.8, 4) is 11.3 Å². The number of rotatable bonds is 5. The summed E-state index contributed by atoms with van der Waals surface area (Å²) in [6.45, 7) is 2.48. The van der Waals surface area contributed by atoms with Crippen molar-refractivity contribution in [1.82, 2.24) is 15.5 Å². The smallest absolute Gasteiger partial charge is 0.251 e. The van der Waals surface area contributed by atoms with Gasteiger partial charge in [-0.1, -0.05) is 29.8 Å². The van der Waals surface area contributed by atoms with Crippen LogP contribution in [0, 0.1) is 6.92 Å². The van der Waals surface area contributed by atoms with E-state index in [0.29, 0.717) is 12.1 Å². The first-order valence-corrected chi connectivity index (χ1v) is 8.19. The van der Waals surface area contributed by atoms with Crippen molar-refractivity contribution in [1.29, 1.82) is 0 Å². The summed E-state index contributed by atoms with van der Waals surface area (Å²) >= 11 is 0. The summed E-state index contributed by atoms with van der Waals surface area (Å²) in [6, 6.07) is 15.8. The number of hydrogen-bond acceptors (Lipinski definition) is 3. The molecule has 3 rings (SSSR count). The number of aromatic nitrogens is 2. The third-order valence-electron chi connectivity index (χ3n) is 4.09. The summed E-state index contributed by atoms with van der Waals surface area (Å²) in [5.74, 6) is -0.0971. The number of aromatic amines is 1. The van der Waals surface area contributed by atoms with Crippen LogP contribution >= 0.6 is 0 Å². The highest BCUT2D eigenvalue weighted by Gasteiger charge is 2.11. The maximum Gasteiger partial charge on any atom is 0.251 e. The summed E-state index contributed by atoms with van der Waals surface area (Å²) < 4.78 is 0. The van der Waals surface area contributed by atoms with Gasteiger partial charge in [-0.15, -0.1) is 0 Å². The van der Waals surface area contributed by atoms with E-state index in [1.807, 2.05) is 55.4 Å². The van der Waals surface area contributed by atoms with Gasteiger partial charge in [-0.3, -0.25) is 9.89 Å². The van der Waals surface area contributed by atoms with Crippen LogP contribution in [0.3, 0.4) is 0 Å². The van der Waals surface area contributed by atoms with E-state index >= 15 is 0 Å². The Morgan fingerprint density at radius 3 is 2.72 bits per heavy atom. The quantitative estimate of drug-likeness (QED) is 0.752. The van der Waals surface area contributed by atoms with E-state index < -0.39 is 0 Å². The van der Waals surface area contributed by atoms with Gasteiger partial charge in [-0.2, -0.15) is 5.10 Å². The topological polar surface area (TPSA) is 61.0 Å². The first-order valence-electron chi connectivity index (χ1n) is 8.19. The number of carbonyl (C=O) groups excluding carboxylic acids is 1. The van der Waals surface area contributed by atoms with E-state index in [0.717, 1.165) is 22.5 Å². The van der Waals surface area contributed by atoms with E-state index in [4.69, 9.17) is 0 Å². The molecule has 0 radical (unpaired) electrons. The lowest BCUT2D eigenvalue weighted by Gasteiger charge is -2.13. The zero-order chi connectivity index (χ0) is 17.8. The van der Waals surface area contributed by atoms with Gasteiger partial charge in [-0.25, -0.2) is 0 Å². The third kappa shape index (κ3) is 3.88. The van der Waals surface area contributed by atoms with Gasteiger partial charge in [0.15, 0.2) is 0 Å². The van der Waals surface area contributed by atoms with Crippen molar-refractivity contribution in [2.24, 2.45) is 0 Å². The molecule has 25 heavy (non-hydrogen) atoms. The molecule has 2 N–H and O–H groups in total. The fraction of sp³-hybridized carbons (Fsp3) is 0.200. The van der Waals surface area contributed by atoms with Crippen molar-refractivity contribution >= 4 is 11.6 Å². The fourth-order valence-corrected chi connectivity index (χ4v) is 2.70. The van der Waals surface area contributed by atoms with Crippen LogP contribution < -0.4 is 10.2 Å². The molecular weight excluding hydrogens is 312 g/mol. The largest absolute Gasteiger partial charge is 0.378 e. The lowest BCUT2D eigenvalue weighted by atomic mass is 10.1. The molecule has 0 bridgehead atoms. The molecule has 0 atom stereocenters. The average molecular weight is 334 g/mol. The minimum Gasteiger partial charge on any atom is -0.378 e. The molecule has 0 spiro atoms. The van der Waals surface area contributed by atoms with Crippen molar-refractivity contribution in [2.75, 3.05) is 19.0 Å². The number of aryl methyl sites for hydroxylation is 1. The van der Waals surface area contributed by atoms with Crippen LogP contribution in [0.1, 0.15) is 21.5 Å². The highest BCUT2D eigenvalue weighted by atomic mass is 16.1. The number of carbonyl (C=O) groups is 1. The molecule has 5 heteroatoms. The number of nitrogens with one attached hydrogen (secondary N) is 2. The van der Waals surface area contributed by atoms with E-state index in [-0.39, 0.29) is 5.91 Å². The van der Waals surface area contributed by atoms with Crippen LogP contribution in [0.25, 0.3) is 11.3 Å². The zero-order valence-electron chi connectivity index (χ0n) is 14.7. The zero-order valence-corrected chi connectivity index (χ0v) is 14.7. The molecule has 0 saturated heterocycles. The number of benzene rings is 2. The number of H-pyrrole nitrogens is 1. The standard InChI is InChI=1S/C20H22N4O/c1-14-6-4-7-15(10-14)19-17(13-22-23-19)12-21-20(25)16-8-5-9-18(11-16)24(2)3/h4-11,13H,12H2,1-3H3,(H,21,25)(H,22,23). The normalized spacial score (nSPS) is 10.5. The Kier molecular flexibility index (Phi) is 4.84. The van der Waals surface area contributed by atoms with Crippen LogP contribution in [-0.2, 0) is 6.54 Å². The molecule has 128 valence electrons. The van der Waals surface area contributed by atoms with Crippen molar-refractivity contribution in [2.45, 2.75) is 13.5 Å². The first kappa shape index (κ1) is 16.8. The van der Waals surface area contributed by atoms with Crippen LogP contribution in [0.2, 0.25) is 0 Å². The lowest BCUT2D eigenvalue weighted by Crippen LogP contribution is -2.23. The fourth-order valence-electron chi connectivity index (χ4n) is 2.70. The Balaban J connectivity index is 1.73. The molecule has 0 saturated carbocycles. The highest BCUT2D eigenvalue weighted by molar-refractivity contribution is 5.95. The molecule has 1 heterocycles. The highest BCUT2D eigenvalue weighted by Crippen LogP contribution is 2.22. The molecule has 0 aliphatic rings. The van der Waals surface area contributed by atoms with Gasteiger partial charge in [0.1, 0.15) is 0 Å². The van der Waals surface area contributed by atoms with Gasteiger partial charge in [0.25, 0.3) is 5.91 Å².